The molecule has 1 aromatic rings. The molecule has 1 rings (SSSR count). The fourth-order valence-corrected chi connectivity index (χ4v) is 3.49. The van der Waals surface area contributed by atoms with Gasteiger partial charge in [0.2, 0.25) is 10.0 Å². The van der Waals surface area contributed by atoms with E-state index in [1.165, 1.54) is 12.1 Å². The van der Waals surface area contributed by atoms with E-state index < -0.39 is 22.0 Å². The first kappa shape index (κ1) is 19.1. The number of benzene rings is 1. The van der Waals surface area contributed by atoms with Crippen molar-refractivity contribution in [2.45, 2.75) is 35.1 Å². The summed E-state index contributed by atoms with van der Waals surface area (Å²) in [6, 6.07) is 5.67. The smallest absolute Gasteiger partial charge is 0.324 e. The molecular formula is C15H20INO4S. The standard InChI is InChI=1S/C15H20INO4S/c1-3-5-6-14(15(18)21-4-2)17-22(19,20)13-9-7-12(11-16)8-10-13/h3,7-10,14,17H,1,4-6,11H2,2H3. The molecule has 0 bridgehead atoms. The molecule has 1 N–H and O–H groups in total. The Morgan fingerprint density at radius 3 is 2.55 bits per heavy atom. The summed E-state index contributed by atoms with van der Waals surface area (Å²) in [5.74, 6) is -0.572. The number of carbonyl (C=O) groups excluding carboxylic acids is 1. The van der Waals surface area contributed by atoms with Crippen molar-refractivity contribution in [1.82, 2.24) is 4.72 Å². The highest BCUT2D eigenvalue weighted by molar-refractivity contribution is 14.1. The Kier molecular flexibility index (Phi) is 8.05. The molecule has 0 amide bonds. The number of alkyl halides is 1. The van der Waals surface area contributed by atoms with Crippen LogP contribution in [0.25, 0.3) is 0 Å². The van der Waals surface area contributed by atoms with Crippen molar-refractivity contribution in [3.05, 3.63) is 42.5 Å². The van der Waals surface area contributed by atoms with Gasteiger partial charge in [-0.05, 0) is 37.5 Å². The van der Waals surface area contributed by atoms with E-state index in [1.807, 2.05) is 0 Å². The molecule has 1 unspecified atom stereocenters. The molecule has 0 aliphatic heterocycles. The predicted molar refractivity (Wildman–Crippen MR) is 94.3 cm³/mol. The molecular weight excluding hydrogens is 417 g/mol. The van der Waals surface area contributed by atoms with Crippen LogP contribution >= 0.6 is 22.6 Å². The van der Waals surface area contributed by atoms with Crippen molar-refractivity contribution in [2.24, 2.45) is 0 Å². The summed E-state index contributed by atoms with van der Waals surface area (Å²) < 4.78 is 32.9. The van der Waals surface area contributed by atoms with Gasteiger partial charge in [0.25, 0.3) is 0 Å². The SMILES string of the molecule is C=CCCC(NS(=O)(=O)c1ccc(CI)cc1)C(=O)OCC. The fourth-order valence-electron chi connectivity index (χ4n) is 1.77. The average molecular weight is 437 g/mol. The summed E-state index contributed by atoms with van der Waals surface area (Å²) in [6.45, 7) is 5.47. The van der Waals surface area contributed by atoms with Gasteiger partial charge < -0.3 is 4.74 Å². The lowest BCUT2D eigenvalue weighted by Crippen LogP contribution is -2.41. The third kappa shape index (κ3) is 5.69. The number of carbonyl (C=O) groups is 1. The summed E-state index contributed by atoms with van der Waals surface area (Å²) in [6.07, 6.45) is 2.46. The van der Waals surface area contributed by atoms with Crippen molar-refractivity contribution in [3.63, 3.8) is 0 Å². The van der Waals surface area contributed by atoms with E-state index in [4.69, 9.17) is 4.74 Å². The van der Waals surface area contributed by atoms with Crippen molar-refractivity contribution < 1.29 is 17.9 Å². The zero-order valence-electron chi connectivity index (χ0n) is 12.4. The average Bonchev–Trinajstić information content (AvgIpc) is 2.51. The monoisotopic (exact) mass is 437 g/mol. The van der Waals surface area contributed by atoms with E-state index >= 15 is 0 Å². The molecule has 0 aromatic heterocycles. The maximum atomic E-state index is 12.4. The van der Waals surface area contributed by atoms with Gasteiger partial charge in [-0.25, -0.2) is 8.42 Å². The van der Waals surface area contributed by atoms with Gasteiger partial charge in [0, 0.05) is 4.43 Å². The Morgan fingerprint density at radius 1 is 1.41 bits per heavy atom. The van der Waals surface area contributed by atoms with Gasteiger partial charge in [0.05, 0.1) is 11.5 Å². The third-order valence-corrected chi connectivity index (χ3v) is 5.28. The molecule has 1 aromatic carbocycles. The van der Waals surface area contributed by atoms with Crippen LogP contribution in [0.2, 0.25) is 0 Å². The number of halogens is 1. The second kappa shape index (κ2) is 9.26. The topological polar surface area (TPSA) is 72.5 Å². The Bertz CT molecular complexity index is 598. The Morgan fingerprint density at radius 2 is 2.05 bits per heavy atom. The summed E-state index contributed by atoms with van der Waals surface area (Å²) >= 11 is 2.20. The van der Waals surface area contributed by atoms with Gasteiger partial charge in [0.1, 0.15) is 6.04 Å². The Labute approximate surface area is 145 Å². The summed E-state index contributed by atoms with van der Waals surface area (Å²) in [5, 5.41) is 0. The maximum absolute atomic E-state index is 12.4. The van der Waals surface area contributed by atoms with E-state index in [-0.39, 0.29) is 11.5 Å². The molecule has 1 atom stereocenters. The fraction of sp³-hybridized carbons (Fsp3) is 0.400. The highest BCUT2D eigenvalue weighted by Crippen LogP contribution is 2.14. The molecule has 0 heterocycles. The maximum Gasteiger partial charge on any atom is 0.324 e. The van der Waals surface area contributed by atoms with E-state index in [0.717, 1.165) is 9.99 Å². The molecule has 0 aliphatic rings. The number of nitrogens with one attached hydrogen (secondary N) is 1. The highest BCUT2D eigenvalue weighted by atomic mass is 127. The van der Waals surface area contributed by atoms with Crippen LogP contribution in [0.15, 0.2) is 41.8 Å². The van der Waals surface area contributed by atoms with Gasteiger partial charge in [0.15, 0.2) is 0 Å². The first-order valence-corrected chi connectivity index (χ1v) is 9.90. The lowest BCUT2D eigenvalue weighted by Gasteiger charge is -2.17. The van der Waals surface area contributed by atoms with Crippen LogP contribution in [0.4, 0.5) is 0 Å². The highest BCUT2D eigenvalue weighted by Gasteiger charge is 2.26. The molecule has 0 radical (unpaired) electrons. The molecule has 122 valence electrons. The largest absolute Gasteiger partial charge is 0.465 e. The van der Waals surface area contributed by atoms with Crippen LogP contribution < -0.4 is 4.72 Å². The number of rotatable bonds is 9. The molecule has 0 aliphatic carbocycles. The molecule has 22 heavy (non-hydrogen) atoms. The number of hydrogen-bond donors (Lipinski definition) is 1. The van der Waals surface area contributed by atoms with Crippen molar-refractivity contribution in [3.8, 4) is 0 Å². The van der Waals surface area contributed by atoms with E-state index in [2.05, 4.69) is 33.9 Å². The minimum Gasteiger partial charge on any atom is -0.465 e. The molecule has 5 nitrogen and oxygen atoms in total. The summed E-state index contributed by atoms with van der Waals surface area (Å²) in [7, 11) is -3.77. The van der Waals surface area contributed by atoms with Crippen LogP contribution in [0, 0.1) is 0 Å². The van der Waals surface area contributed by atoms with Crippen LogP contribution in [0.1, 0.15) is 25.3 Å². The molecule has 7 heteroatoms. The normalized spacial score (nSPS) is 12.6. The number of allylic oxidation sites excluding steroid dienone is 1. The predicted octanol–water partition coefficient (Wildman–Crippen LogP) is 2.80. The number of hydrogen-bond acceptors (Lipinski definition) is 4. The first-order chi connectivity index (χ1) is 10.4. The molecule has 0 fully saturated rings. The van der Waals surface area contributed by atoms with Crippen LogP contribution in [-0.2, 0) is 24.0 Å². The zero-order valence-corrected chi connectivity index (χ0v) is 15.4. The van der Waals surface area contributed by atoms with Gasteiger partial charge >= 0.3 is 5.97 Å². The zero-order chi connectivity index (χ0) is 16.6. The van der Waals surface area contributed by atoms with Gasteiger partial charge in [-0.3, -0.25) is 4.79 Å². The van der Waals surface area contributed by atoms with Crippen LogP contribution in [0.3, 0.4) is 0 Å². The molecule has 0 saturated carbocycles. The van der Waals surface area contributed by atoms with Gasteiger partial charge in [-0.1, -0.05) is 40.8 Å². The van der Waals surface area contributed by atoms with Crippen LogP contribution in [0.5, 0.6) is 0 Å². The summed E-state index contributed by atoms with van der Waals surface area (Å²) in [4.78, 5) is 12.0. The second-order valence-corrected chi connectivity index (χ2v) is 7.05. The van der Waals surface area contributed by atoms with Crippen molar-refractivity contribution in [1.29, 1.82) is 0 Å². The Balaban J connectivity index is 2.92. The first-order valence-electron chi connectivity index (χ1n) is 6.89. The number of sulfonamides is 1. The van der Waals surface area contributed by atoms with Crippen molar-refractivity contribution in [2.75, 3.05) is 6.61 Å². The second-order valence-electron chi connectivity index (χ2n) is 4.57. The quantitative estimate of drug-likeness (QED) is 0.279. The lowest BCUT2D eigenvalue weighted by molar-refractivity contribution is -0.145. The summed E-state index contributed by atoms with van der Waals surface area (Å²) in [5.41, 5.74) is 1.04. The third-order valence-electron chi connectivity index (χ3n) is 2.92. The lowest BCUT2D eigenvalue weighted by atomic mass is 10.2. The van der Waals surface area contributed by atoms with Gasteiger partial charge in [-0.2, -0.15) is 4.72 Å². The van der Waals surface area contributed by atoms with E-state index in [1.54, 1.807) is 25.1 Å². The van der Waals surface area contributed by atoms with E-state index in [0.29, 0.717) is 12.8 Å². The number of ether oxygens (including phenoxy) is 1. The minimum atomic E-state index is -3.77. The number of esters is 1. The Hall–Kier alpha value is -0.930. The van der Waals surface area contributed by atoms with Gasteiger partial charge in [-0.15, -0.1) is 6.58 Å². The minimum absolute atomic E-state index is 0.133. The molecule has 0 saturated heterocycles. The van der Waals surface area contributed by atoms with Crippen LogP contribution in [-0.4, -0.2) is 27.0 Å². The van der Waals surface area contributed by atoms with Crippen molar-refractivity contribution >= 4 is 38.6 Å². The van der Waals surface area contributed by atoms with E-state index in [9.17, 15) is 13.2 Å². The molecule has 0 spiro atoms.